The van der Waals surface area contributed by atoms with Gasteiger partial charge in [-0.3, -0.25) is 4.79 Å². The minimum atomic E-state index is 0.512. The molecule has 2 aromatic rings. The third-order valence-corrected chi connectivity index (χ3v) is 2.10. The van der Waals surface area contributed by atoms with E-state index in [-0.39, 0.29) is 0 Å². The highest BCUT2D eigenvalue weighted by Crippen LogP contribution is 2.12. The van der Waals surface area contributed by atoms with Crippen molar-refractivity contribution in [3.8, 4) is 0 Å². The Hall–Kier alpha value is -1.64. The second-order valence-corrected chi connectivity index (χ2v) is 3.12. The molecule has 0 fully saturated rings. The van der Waals surface area contributed by atoms with E-state index in [0.29, 0.717) is 5.69 Å². The summed E-state index contributed by atoms with van der Waals surface area (Å²) in [5, 5.41) is 0. The number of aldehydes is 1. The fourth-order valence-electron chi connectivity index (χ4n) is 1.46. The standard InChI is InChI=1S/C10H10N2O/c1-7-3-4-10-9(6-13)11-8(2)12(10)5-7/h3-6H,1-2H3. The molecule has 13 heavy (non-hydrogen) atoms. The first kappa shape index (κ1) is 7.98. The summed E-state index contributed by atoms with van der Waals surface area (Å²) >= 11 is 0. The van der Waals surface area contributed by atoms with Crippen LogP contribution in [0.5, 0.6) is 0 Å². The van der Waals surface area contributed by atoms with Crippen LogP contribution in [0.3, 0.4) is 0 Å². The Morgan fingerprint density at radius 2 is 2.15 bits per heavy atom. The lowest BCUT2D eigenvalue weighted by molar-refractivity contribution is 0.112. The molecule has 0 saturated carbocycles. The fourth-order valence-corrected chi connectivity index (χ4v) is 1.46. The van der Waals surface area contributed by atoms with Crippen molar-refractivity contribution in [1.29, 1.82) is 0 Å². The van der Waals surface area contributed by atoms with Crippen LogP contribution in [0.15, 0.2) is 18.3 Å². The number of fused-ring (bicyclic) bond motifs is 1. The summed E-state index contributed by atoms with van der Waals surface area (Å²) in [6.45, 7) is 3.90. The molecule has 0 aliphatic carbocycles. The van der Waals surface area contributed by atoms with Crippen LogP contribution in [-0.4, -0.2) is 15.7 Å². The fraction of sp³-hybridized carbons (Fsp3) is 0.200. The molecule has 66 valence electrons. The zero-order valence-corrected chi connectivity index (χ0v) is 7.61. The molecule has 0 unspecified atom stereocenters. The summed E-state index contributed by atoms with van der Waals surface area (Å²) in [5.74, 6) is 0.848. The second-order valence-electron chi connectivity index (χ2n) is 3.12. The van der Waals surface area contributed by atoms with Crippen LogP contribution in [-0.2, 0) is 0 Å². The molecule has 3 heteroatoms. The zero-order chi connectivity index (χ0) is 9.42. The number of imidazole rings is 1. The Kier molecular flexibility index (Phi) is 1.65. The molecule has 2 heterocycles. The first-order chi connectivity index (χ1) is 6.22. The van der Waals surface area contributed by atoms with Crippen molar-refractivity contribution in [3.05, 3.63) is 35.4 Å². The maximum atomic E-state index is 10.6. The molecule has 0 bridgehead atoms. The molecule has 0 atom stereocenters. The molecule has 0 saturated heterocycles. The average molecular weight is 174 g/mol. The summed E-state index contributed by atoms with van der Waals surface area (Å²) in [4.78, 5) is 14.8. The SMILES string of the molecule is Cc1ccc2c(C=O)nc(C)n2c1. The molecular weight excluding hydrogens is 164 g/mol. The van der Waals surface area contributed by atoms with Crippen LogP contribution in [0.1, 0.15) is 21.9 Å². The van der Waals surface area contributed by atoms with E-state index in [1.165, 1.54) is 0 Å². The Morgan fingerprint density at radius 3 is 2.85 bits per heavy atom. The normalized spacial score (nSPS) is 10.6. The van der Waals surface area contributed by atoms with Crippen molar-refractivity contribution in [2.45, 2.75) is 13.8 Å². The van der Waals surface area contributed by atoms with Crippen LogP contribution >= 0.6 is 0 Å². The van der Waals surface area contributed by atoms with E-state index in [2.05, 4.69) is 4.98 Å². The molecule has 0 aliphatic rings. The van der Waals surface area contributed by atoms with Gasteiger partial charge in [-0.05, 0) is 25.5 Å². The molecular formula is C10H10N2O. The Balaban J connectivity index is 2.88. The Labute approximate surface area is 76.0 Å². The lowest BCUT2D eigenvalue weighted by atomic mass is 10.3. The van der Waals surface area contributed by atoms with Crippen molar-refractivity contribution in [3.63, 3.8) is 0 Å². The lowest BCUT2D eigenvalue weighted by Gasteiger charge is -1.97. The highest BCUT2D eigenvalue weighted by Gasteiger charge is 2.05. The Morgan fingerprint density at radius 1 is 1.38 bits per heavy atom. The number of nitrogens with zero attached hydrogens (tertiary/aromatic N) is 2. The van der Waals surface area contributed by atoms with Crippen molar-refractivity contribution in [2.75, 3.05) is 0 Å². The molecule has 2 aromatic heterocycles. The topological polar surface area (TPSA) is 34.4 Å². The van der Waals surface area contributed by atoms with Crippen molar-refractivity contribution < 1.29 is 4.79 Å². The monoisotopic (exact) mass is 174 g/mol. The number of hydrogen-bond donors (Lipinski definition) is 0. The molecule has 0 N–H and O–H groups in total. The van der Waals surface area contributed by atoms with Crippen LogP contribution < -0.4 is 0 Å². The summed E-state index contributed by atoms with van der Waals surface area (Å²) in [5.41, 5.74) is 2.54. The van der Waals surface area contributed by atoms with Gasteiger partial charge in [-0.25, -0.2) is 4.98 Å². The predicted octanol–water partition coefficient (Wildman–Crippen LogP) is 1.76. The van der Waals surface area contributed by atoms with Crippen molar-refractivity contribution in [1.82, 2.24) is 9.38 Å². The van der Waals surface area contributed by atoms with Crippen LogP contribution in [0.2, 0.25) is 0 Å². The van der Waals surface area contributed by atoms with E-state index in [1.807, 2.05) is 36.6 Å². The summed E-state index contributed by atoms with van der Waals surface area (Å²) in [7, 11) is 0. The number of rotatable bonds is 1. The smallest absolute Gasteiger partial charge is 0.170 e. The number of carbonyl (C=O) groups is 1. The zero-order valence-electron chi connectivity index (χ0n) is 7.61. The van der Waals surface area contributed by atoms with Gasteiger partial charge in [0.15, 0.2) is 6.29 Å². The van der Waals surface area contributed by atoms with Gasteiger partial charge in [-0.2, -0.15) is 0 Å². The predicted molar refractivity (Wildman–Crippen MR) is 50.1 cm³/mol. The highest BCUT2D eigenvalue weighted by atomic mass is 16.1. The number of pyridine rings is 1. The van der Waals surface area contributed by atoms with Crippen LogP contribution in [0.4, 0.5) is 0 Å². The quantitative estimate of drug-likeness (QED) is 0.617. The van der Waals surface area contributed by atoms with Gasteiger partial charge < -0.3 is 4.40 Å². The summed E-state index contributed by atoms with van der Waals surface area (Å²) in [6.07, 6.45) is 2.77. The molecule has 0 radical (unpaired) electrons. The van der Waals surface area contributed by atoms with Crippen LogP contribution in [0, 0.1) is 13.8 Å². The molecule has 0 spiro atoms. The third kappa shape index (κ3) is 1.13. The molecule has 0 amide bonds. The Bertz CT molecular complexity index is 471. The van der Waals surface area contributed by atoms with Gasteiger partial charge in [0, 0.05) is 6.20 Å². The minimum Gasteiger partial charge on any atom is -0.303 e. The number of aromatic nitrogens is 2. The number of aryl methyl sites for hydroxylation is 2. The van der Waals surface area contributed by atoms with E-state index in [4.69, 9.17) is 0 Å². The van der Waals surface area contributed by atoms with Crippen LogP contribution in [0.25, 0.3) is 5.52 Å². The van der Waals surface area contributed by atoms with Crippen molar-refractivity contribution in [2.24, 2.45) is 0 Å². The lowest BCUT2D eigenvalue weighted by Crippen LogP contribution is -1.88. The van der Waals surface area contributed by atoms with Gasteiger partial charge in [0.1, 0.15) is 11.5 Å². The first-order valence-corrected chi connectivity index (χ1v) is 4.13. The molecule has 3 nitrogen and oxygen atoms in total. The maximum absolute atomic E-state index is 10.6. The molecule has 2 rings (SSSR count). The van der Waals surface area contributed by atoms with Gasteiger partial charge in [-0.1, -0.05) is 6.07 Å². The maximum Gasteiger partial charge on any atom is 0.170 e. The van der Waals surface area contributed by atoms with E-state index in [9.17, 15) is 4.79 Å². The van der Waals surface area contributed by atoms with Gasteiger partial charge in [-0.15, -0.1) is 0 Å². The summed E-state index contributed by atoms with van der Waals surface area (Å²) < 4.78 is 1.93. The highest BCUT2D eigenvalue weighted by molar-refractivity contribution is 5.83. The third-order valence-electron chi connectivity index (χ3n) is 2.10. The van der Waals surface area contributed by atoms with Gasteiger partial charge in [0.25, 0.3) is 0 Å². The van der Waals surface area contributed by atoms with E-state index >= 15 is 0 Å². The van der Waals surface area contributed by atoms with Gasteiger partial charge in [0.05, 0.1) is 5.52 Å². The van der Waals surface area contributed by atoms with Gasteiger partial charge >= 0.3 is 0 Å². The molecule has 0 aliphatic heterocycles. The molecule has 0 aromatic carbocycles. The summed E-state index contributed by atoms with van der Waals surface area (Å²) in [6, 6.07) is 3.89. The van der Waals surface area contributed by atoms with E-state index in [1.54, 1.807) is 0 Å². The number of hydrogen-bond acceptors (Lipinski definition) is 2. The minimum absolute atomic E-state index is 0.512. The number of carbonyl (C=O) groups excluding carboxylic acids is 1. The second kappa shape index (κ2) is 2.69. The van der Waals surface area contributed by atoms with E-state index in [0.717, 1.165) is 23.2 Å². The first-order valence-electron chi connectivity index (χ1n) is 4.13. The van der Waals surface area contributed by atoms with E-state index < -0.39 is 0 Å². The largest absolute Gasteiger partial charge is 0.303 e. The van der Waals surface area contributed by atoms with Crippen molar-refractivity contribution >= 4 is 11.8 Å². The average Bonchev–Trinajstić information content (AvgIpc) is 2.43. The van der Waals surface area contributed by atoms with Gasteiger partial charge in [0.2, 0.25) is 0 Å².